The summed E-state index contributed by atoms with van der Waals surface area (Å²) in [5.74, 6) is -2.50. The lowest BCUT2D eigenvalue weighted by molar-refractivity contribution is -0.135. The zero-order chi connectivity index (χ0) is 16.8. The van der Waals surface area contributed by atoms with E-state index in [1.54, 1.807) is 0 Å². The fourth-order valence-corrected chi connectivity index (χ4v) is 1.21. The molecule has 8 nitrogen and oxygen atoms in total. The van der Waals surface area contributed by atoms with Gasteiger partial charge in [-0.2, -0.15) is 0 Å². The molecule has 0 spiro atoms. The van der Waals surface area contributed by atoms with Crippen molar-refractivity contribution in [2.45, 2.75) is 58.5 Å². The van der Waals surface area contributed by atoms with E-state index < -0.39 is 17.9 Å². The first-order valence-electron chi connectivity index (χ1n) is 6.07. The lowest BCUT2D eigenvalue weighted by atomic mass is 9.91. The van der Waals surface area contributed by atoms with Gasteiger partial charge in [0.2, 0.25) is 0 Å². The summed E-state index contributed by atoms with van der Waals surface area (Å²) < 4.78 is 0. The summed E-state index contributed by atoms with van der Waals surface area (Å²) in [6, 6.07) is 0. The summed E-state index contributed by atoms with van der Waals surface area (Å²) in [5.41, 5.74) is 11.0. The fourth-order valence-electron chi connectivity index (χ4n) is 1.21. The Morgan fingerprint density at radius 2 is 0.950 bits per heavy atom. The summed E-state index contributed by atoms with van der Waals surface area (Å²) >= 11 is 0. The van der Waals surface area contributed by atoms with Crippen molar-refractivity contribution in [2.75, 3.05) is 0 Å². The molecule has 1 aliphatic rings. The molecule has 0 amide bonds. The van der Waals surface area contributed by atoms with Crippen LogP contribution in [-0.2, 0) is 14.4 Å². The average molecular weight is 294 g/mol. The minimum Gasteiger partial charge on any atom is -0.481 e. The molecule has 0 heterocycles. The van der Waals surface area contributed by atoms with Crippen LogP contribution in [0.1, 0.15) is 52.9 Å². The second-order valence-corrected chi connectivity index (χ2v) is 4.35. The van der Waals surface area contributed by atoms with E-state index in [9.17, 15) is 0 Å². The van der Waals surface area contributed by atoms with Crippen molar-refractivity contribution >= 4 is 17.9 Å². The predicted octanol–water partition coefficient (Wildman–Crippen LogP) is 0.837. The molecule has 7 N–H and O–H groups in total. The van der Waals surface area contributed by atoms with Gasteiger partial charge in [0, 0.05) is 20.8 Å². The van der Waals surface area contributed by atoms with Gasteiger partial charge >= 0.3 is 0 Å². The Kier molecular flexibility index (Phi) is 16.1. The van der Waals surface area contributed by atoms with Gasteiger partial charge in [0.15, 0.2) is 0 Å². The van der Waals surface area contributed by atoms with Gasteiger partial charge < -0.3 is 26.8 Å². The van der Waals surface area contributed by atoms with Gasteiger partial charge in [-0.15, -0.1) is 0 Å². The molecule has 0 aromatic heterocycles. The van der Waals surface area contributed by atoms with Gasteiger partial charge in [0.05, 0.1) is 5.66 Å². The Labute approximate surface area is 118 Å². The molecule has 1 fully saturated rings. The third-order valence-corrected chi connectivity index (χ3v) is 1.78. The van der Waals surface area contributed by atoms with Crippen LogP contribution in [0.4, 0.5) is 0 Å². The molecule has 1 aliphatic carbocycles. The van der Waals surface area contributed by atoms with E-state index >= 15 is 0 Å². The first-order valence-corrected chi connectivity index (χ1v) is 6.07. The van der Waals surface area contributed by atoms with Crippen molar-refractivity contribution in [1.29, 1.82) is 0 Å². The summed E-state index contributed by atoms with van der Waals surface area (Å²) in [4.78, 5) is 27.0. The number of hydrogen-bond donors (Lipinski definition) is 5. The molecule has 1 rings (SSSR count). The monoisotopic (exact) mass is 294 g/mol. The average Bonchev–Trinajstić information content (AvgIpc) is 2.13. The molecule has 0 aromatic carbocycles. The van der Waals surface area contributed by atoms with Crippen molar-refractivity contribution in [3.8, 4) is 0 Å². The van der Waals surface area contributed by atoms with Crippen LogP contribution in [0, 0.1) is 0 Å². The second-order valence-electron chi connectivity index (χ2n) is 4.35. The third-order valence-electron chi connectivity index (χ3n) is 1.78. The molecule has 8 heteroatoms. The van der Waals surface area contributed by atoms with Crippen LogP contribution in [0.25, 0.3) is 0 Å². The SMILES string of the molecule is CC(=O)O.CC(=O)O.CC(=O)O.NC1(N)CCCCC1. The Morgan fingerprint density at radius 3 is 1.05 bits per heavy atom. The Balaban J connectivity index is -0.000000209. The van der Waals surface area contributed by atoms with Crippen LogP contribution >= 0.6 is 0 Å². The highest BCUT2D eigenvalue weighted by molar-refractivity contribution is 5.63. The van der Waals surface area contributed by atoms with Gasteiger partial charge in [-0.1, -0.05) is 19.3 Å². The molecule has 0 atom stereocenters. The van der Waals surface area contributed by atoms with Crippen LogP contribution in [0.3, 0.4) is 0 Å². The molecule has 0 radical (unpaired) electrons. The molecule has 0 saturated heterocycles. The lowest BCUT2D eigenvalue weighted by Gasteiger charge is -2.28. The number of hydrogen-bond acceptors (Lipinski definition) is 5. The molecule has 0 unspecified atom stereocenters. The van der Waals surface area contributed by atoms with E-state index in [0.29, 0.717) is 0 Å². The number of rotatable bonds is 0. The molecule has 20 heavy (non-hydrogen) atoms. The van der Waals surface area contributed by atoms with Crippen molar-refractivity contribution in [3.05, 3.63) is 0 Å². The minimum absolute atomic E-state index is 0.321. The van der Waals surface area contributed by atoms with E-state index in [1.807, 2.05) is 0 Å². The number of carboxylic acids is 3. The topological polar surface area (TPSA) is 164 Å². The highest BCUT2D eigenvalue weighted by Crippen LogP contribution is 2.20. The number of carboxylic acid groups (broad SMARTS) is 3. The van der Waals surface area contributed by atoms with Gasteiger partial charge in [-0.25, -0.2) is 0 Å². The fraction of sp³-hybridized carbons (Fsp3) is 0.750. The van der Waals surface area contributed by atoms with Crippen LogP contribution in [0.5, 0.6) is 0 Å². The third kappa shape index (κ3) is 55.3. The lowest BCUT2D eigenvalue weighted by Crippen LogP contribution is -2.50. The summed E-state index contributed by atoms with van der Waals surface area (Å²) in [5, 5.41) is 22.2. The number of aliphatic carboxylic acids is 3. The van der Waals surface area contributed by atoms with Crippen molar-refractivity contribution in [1.82, 2.24) is 0 Å². The first kappa shape index (κ1) is 23.4. The Hall–Kier alpha value is -1.67. The summed E-state index contributed by atoms with van der Waals surface area (Å²) in [7, 11) is 0. The van der Waals surface area contributed by atoms with Crippen LogP contribution in [-0.4, -0.2) is 38.9 Å². The molecule has 1 saturated carbocycles. The predicted molar refractivity (Wildman–Crippen MR) is 74.1 cm³/mol. The zero-order valence-corrected chi connectivity index (χ0v) is 12.3. The second kappa shape index (κ2) is 13.8. The number of carbonyl (C=O) groups is 3. The van der Waals surface area contributed by atoms with Crippen molar-refractivity contribution in [2.24, 2.45) is 11.5 Å². The molecular formula is C12H26N2O6. The van der Waals surface area contributed by atoms with Gasteiger partial charge in [0.25, 0.3) is 17.9 Å². The molecule has 0 aromatic rings. The van der Waals surface area contributed by atoms with E-state index in [4.69, 9.17) is 41.2 Å². The van der Waals surface area contributed by atoms with E-state index in [1.165, 1.54) is 19.3 Å². The number of nitrogens with two attached hydrogens (primary N) is 2. The van der Waals surface area contributed by atoms with E-state index in [-0.39, 0.29) is 5.66 Å². The molecule has 0 aliphatic heterocycles. The molecular weight excluding hydrogens is 268 g/mol. The minimum atomic E-state index is -0.833. The maximum atomic E-state index is 9.00. The Morgan fingerprint density at radius 1 is 0.750 bits per heavy atom. The van der Waals surface area contributed by atoms with Crippen molar-refractivity contribution < 1.29 is 29.7 Å². The van der Waals surface area contributed by atoms with Crippen LogP contribution < -0.4 is 11.5 Å². The zero-order valence-electron chi connectivity index (χ0n) is 12.3. The summed E-state index contributed by atoms with van der Waals surface area (Å²) in [6.45, 7) is 3.25. The van der Waals surface area contributed by atoms with Crippen LogP contribution in [0.15, 0.2) is 0 Å². The first-order chi connectivity index (χ1) is 8.90. The largest absolute Gasteiger partial charge is 0.481 e. The molecule has 0 bridgehead atoms. The quantitative estimate of drug-likeness (QED) is 0.410. The van der Waals surface area contributed by atoms with Gasteiger partial charge in [-0.05, 0) is 12.8 Å². The molecule has 120 valence electrons. The van der Waals surface area contributed by atoms with Gasteiger partial charge in [0.1, 0.15) is 0 Å². The van der Waals surface area contributed by atoms with Crippen LogP contribution in [0.2, 0.25) is 0 Å². The van der Waals surface area contributed by atoms with E-state index in [0.717, 1.165) is 33.6 Å². The van der Waals surface area contributed by atoms with E-state index in [2.05, 4.69) is 0 Å². The Bertz CT molecular complexity index is 243. The van der Waals surface area contributed by atoms with Crippen molar-refractivity contribution in [3.63, 3.8) is 0 Å². The van der Waals surface area contributed by atoms with Gasteiger partial charge in [-0.3, -0.25) is 14.4 Å². The summed E-state index contributed by atoms with van der Waals surface area (Å²) in [6.07, 6.45) is 5.76. The highest BCUT2D eigenvalue weighted by Gasteiger charge is 2.21. The maximum Gasteiger partial charge on any atom is 0.300 e. The highest BCUT2D eigenvalue weighted by atomic mass is 16.4. The standard InChI is InChI=1S/C6H14N2.3C2H4O2/c7-6(8)4-2-1-3-5-6;3*1-2(3)4/h1-5,7-8H2;3*1H3,(H,3,4). The smallest absolute Gasteiger partial charge is 0.300 e. The maximum absolute atomic E-state index is 9.00. The normalized spacial score (nSPS) is 14.8.